The number of pyridine rings is 1. The standard InChI is InChI=1S/C22H34N6O/c1-16(2)21-18(15-28(5)26-21)14-27(4)22(23-3)25-13-17-10-11-20(24-12-17)29-19-8-6-7-9-19/h10-12,15-16,19H,6-9,13-14H2,1-5H3,(H,23,25). The van der Waals surface area contributed by atoms with Gasteiger partial charge < -0.3 is 15.0 Å². The molecule has 0 amide bonds. The molecule has 1 aliphatic rings. The van der Waals surface area contributed by atoms with Crippen LogP contribution in [0.2, 0.25) is 0 Å². The third-order valence-corrected chi connectivity index (χ3v) is 5.30. The van der Waals surface area contributed by atoms with Crippen molar-refractivity contribution in [3.05, 3.63) is 41.3 Å². The first kappa shape index (κ1) is 21.1. The Hall–Kier alpha value is -2.57. The van der Waals surface area contributed by atoms with Crippen LogP contribution in [0.5, 0.6) is 5.88 Å². The zero-order chi connectivity index (χ0) is 20.8. The second kappa shape index (κ2) is 9.76. The Kier molecular flexibility index (Phi) is 7.12. The molecule has 0 radical (unpaired) electrons. The molecule has 0 spiro atoms. The van der Waals surface area contributed by atoms with Gasteiger partial charge in [-0.25, -0.2) is 4.98 Å². The average Bonchev–Trinajstić information content (AvgIpc) is 3.33. The zero-order valence-electron chi connectivity index (χ0n) is 18.4. The molecule has 0 aliphatic heterocycles. The summed E-state index contributed by atoms with van der Waals surface area (Å²) in [6.45, 7) is 5.77. The third kappa shape index (κ3) is 5.71. The maximum Gasteiger partial charge on any atom is 0.213 e. The van der Waals surface area contributed by atoms with E-state index in [2.05, 4.69) is 51.4 Å². The Morgan fingerprint density at radius 1 is 1.34 bits per heavy atom. The van der Waals surface area contributed by atoms with E-state index in [1.165, 1.54) is 18.4 Å². The molecular weight excluding hydrogens is 364 g/mol. The molecule has 1 aliphatic carbocycles. The topological polar surface area (TPSA) is 67.6 Å². The lowest BCUT2D eigenvalue weighted by atomic mass is 10.1. The minimum Gasteiger partial charge on any atom is -0.474 e. The summed E-state index contributed by atoms with van der Waals surface area (Å²) in [5, 5.41) is 8.02. The Morgan fingerprint density at radius 3 is 2.72 bits per heavy atom. The lowest BCUT2D eigenvalue weighted by Crippen LogP contribution is -2.38. The van der Waals surface area contributed by atoms with Gasteiger partial charge in [0.2, 0.25) is 5.88 Å². The van der Waals surface area contributed by atoms with Gasteiger partial charge in [-0.3, -0.25) is 9.67 Å². The summed E-state index contributed by atoms with van der Waals surface area (Å²) in [5.41, 5.74) is 3.46. The van der Waals surface area contributed by atoms with Gasteiger partial charge in [0.1, 0.15) is 6.10 Å². The number of aliphatic imine (C=N–C) groups is 1. The van der Waals surface area contributed by atoms with Crippen LogP contribution in [0, 0.1) is 0 Å². The van der Waals surface area contributed by atoms with Crippen molar-refractivity contribution in [2.75, 3.05) is 14.1 Å². The SMILES string of the molecule is CN=C(NCc1ccc(OC2CCCC2)nc1)N(C)Cc1cn(C)nc1C(C)C. The molecule has 3 rings (SSSR count). The average molecular weight is 399 g/mol. The van der Waals surface area contributed by atoms with Crippen LogP contribution in [-0.4, -0.2) is 45.8 Å². The van der Waals surface area contributed by atoms with Crippen LogP contribution in [0.25, 0.3) is 0 Å². The molecule has 7 nitrogen and oxygen atoms in total. The van der Waals surface area contributed by atoms with Crippen molar-refractivity contribution in [1.29, 1.82) is 0 Å². The van der Waals surface area contributed by atoms with Crippen LogP contribution >= 0.6 is 0 Å². The zero-order valence-corrected chi connectivity index (χ0v) is 18.4. The predicted molar refractivity (Wildman–Crippen MR) is 116 cm³/mol. The Morgan fingerprint density at radius 2 is 2.10 bits per heavy atom. The minimum absolute atomic E-state index is 0.335. The summed E-state index contributed by atoms with van der Waals surface area (Å²) in [6.07, 6.45) is 9.11. The summed E-state index contributed by atoms with van der Waals surface area (Å²) in [5.74, 6) is 1.96. The molecule has 0 saturated heterocycles. The van der Waals surface area contributed by atoms with Gasteiger partial charge in [-0.15, -0.1) is 0 Å². The number of rotatable bonds is 7. The molecule has 2 heterocycles. The molecule has 0 bridgehead atoms. The van der Waals surface area contributed by atoms with Crippen molar-refractivity contribution in [2.45, 2.75) is 64.6 Å². The van der Waals surface area contributed by atoms with Gasteiger partial charge in [0.05, 0.1) is 5.69 Å². The number of hydrogen-bond acceptors (Lipinski definition) is 4. The molecule has 1 fully saturated rings. The van der Waals surface area contributed by atoms with E-state index in [1.807, 2.05) is 38.1 Å². The largest absolute Gasteiger partial charge is 0.474 e. The van der Waals surface area contributed by atoms with Crippen molar-refractivity contribution in [1.82, 2.24) is 25.0 Å². The van der Waals surface area contributed by atoms with Gasteiger partial charge in [0.15, 0.2) is 5.96 Å². The lowest BCUT2D eigenvalue weighted by Gasteiger charge is -2.22. The van der Waals surface area contributed by atoms with Crippen LogP contribution in [0.1, 0.15) is 62.3 Å². The van der Waals surface area contributed by atoms with E-state index in [0.717, 1.165) is 42.5 Å². The molecule has 1 N–H and O–H groups in total. The fourth-order valence-corrected chi connectivity index (χ4v) is 3.82. The molecular formula is C22H34N6O. The first-order valence-electron chi connectivity index (χ1n) is 10.5. The molecule has 29 heavy (non-hydrogen) atoms. The number of nitrogens with one attached hydrogen (secondary N) is 1. The Bertz CT molecular complexity index is 805. The van der Waals surface area contributed by atoms with Gasteiger partial charge in [-0.1, -0.05) is 19.9 Å². The van der Waals surface area contributed by atoms with E-state index < -0.39 is 0 Å². The fraction of sp³-hybridized carbons (Fsp3) is 0.591. The number of nitrogens with zero attached hydrogens (tertiary/aromatic N) is 5. The summed E-state index contributed by atoms with van der Waals surface area (Å²) in [7, 11) is 5.82. The quantitative estimate of drug-likeness (QED) is 0.571. The van der Waals surface area contributed by atoms with E-state index in [-0.39, 0.29) is 0 Å². The molecule has 7 heteroatoms. The van der Waals surface area contributed by atoms with E-state index >= 15 is 0 Å². The fourth-order valence-electron chi connectivity index (χ4n) is 3.82. The van der Waals surface area contributed by atoms with E-state index in [0.29, 0.717) is 18.6 Å². The van der Waals surface area contributed by atoms with Gasteiger partial charge in [-0.2, -0.15) is 5.10 Å². The summed E-state index contributed by atoms with van der Waals surface area (Å²) >= 11 is 0. The normalized spacial score (nSPS) is 15.2. The van der Waals surface area contributed by atoms with Crippen molar-refractivity contribution in [3.8, 4) is 5.88 Å². The molecule has 1 saturated carbocycles. The lowest BCUT2D eigenvalue weighted by molar-refractivity contribution is 0.201. The summed E-state index contributed by atoms with van der Waals surface area (Å²) < 4.78 is 7.83. The highest BCUT2D eigenvalue weighted by Crippen LogP contribution is 2.23. The highest BCUT2D eigenvalue weighted by Gasteiger charge is 2.17. The second-order valence-electron chi connectivity index (χ2n) is 8.15. The van der Waals surface area contributed by atoms with Gasteiger partial charge in [-0.05, 0) is 37.2 Å². The third-order valence-electron chi connectivity index (χ3n) is 5.30. The molecule has 0 atom stereocenters. The summed E-state index contributed by atoms with van der Waals surface area (Å²) in [4.78, 5) is 11.0. The predicted octanol–water partition coefficient (Wildman–Crippen LogP) is 3.47. The van der Waals surface area contributed by atoms with E-state index in [1.54, 1.807) is 0 Å². The second-order valence-corrected chi connectivity index (χ2v) is 8.15. The van der Waals surface area contributed by atoms with Crippen LogP contribution < -0.4 is 10.1 Å². The Labute approximate surface area is 174 Å². The minimum atomic E-state index is 0.335. The Balaban J connectivity index is 1.54. The highest BCUT2D eigenvalue weighted by atomic mass is 16.5. The molecule has 2 aromatic heterocycles. The maximum atomic E-state index is 5.94. The van der Waals surface area contributed by atoms with E-state index in [4.69, 9.17) is 4.74 Å². The van der Waals surface area contributed by atoms with Gasteiger partial charge in [0.25, 0.3) is 0 Å². The van der Waals surface area contributed by atoms with Crippen LogP contribution in [0.4, 0.5) is 0 Å². The number of aryl methyl sites for hydroxylation is 1. The van der Waals surface area contributed by atoms with E-state index in [9.17, 15) is 0 Å². The van der Waals surface area contributed by atoms with Gasteiger partial charge in [0, 0.05) is 58.3 Å². The molecule has 158 valence electrons. The van der Waals surface area contributed by atoms with Crippen LogP contribution in [-0.2, 0) is 20.1 Å². The number of aromatic nitrogens is 3. The maximum absolute atomic E-state index is 5.94. The first-order valence-corrected chi connectivity index (χ1v) is 10.5. The van der Waals surface area contributed by atoms with Crippen molar-refractivity contribution in [3.63, 3.8) is 0 Å². The first-order chi connectivity index (χ1) is 14.0. The molecule has 2 aromatic rings. The van der Waals surface area contributed by atoms with Crippen molar-refractivity contribution < 1.29 is 4.74 Å². The molecule has 0 aromatic carbocycles. The van der Waals surface area contributed by atoms with Crippen molar-refractivity contribution in [2.24, 2.45) is 12.0 Å². The van der Waals surface area contributed by atoms with Crippen LogP contribution in [0.15, 0.2) is 29.5 Å². The summed E-state index contributed by atoms with van der Waals surface area (Å²) in [6, 6.07) is 4.03. The number of guanidine groups is 1. The van der Waals surface area contributed by atoms with Crippen molar-refractivity contribution >= 4 is 5.96 Å². The molecule has 0 unspecified atom stereocenters. The van der Waals surface area contributed by atoms with Crippen LogP contribution in [0.3, 0.4) is 0 Å². The van der Waals surface area contributed by atoms with Gasteiger partial charge >= 0.3 is 0 Å². The highest BCUT2D eigenvalue weighted by molar-refractivity contribution is 5.79. The smallest absolute Gasteiger partial charge is 0.213 e. The number of ether oxygens (including phenoxy) is 1. The monoisotopic (exact) mass is 398 g/mol. The number of hydrogen-bond donors (Lipinski definition) is 1.